The predicted molar refractivity (Wildman–Crippen MR) is 101 cm³/mol. The fourth-order valence-corrected chi connectivity index (χ4v) is 6.54. The second-order valence-electron chi connectivity index (χ2n) is 7.65. The molecule has 0 spiro atoms. The van der Waals surface area contributed by atoms with Crippen LogP contribution < -0.4 is 5.32 Å². The number of nitrogens with one attached hydrogen (secondary N) is 1. The summed E-state index contributed by atoms with van der Waals surface area (Å²) < 4.78 is 27.7. The van der Waals surface area contributed by atoms with Gasteiger partial charge in [0.1, 0.15) is 0 Å². The molecule has 3 aliphatic rings. The second-order valence-corrected chi connectivity index (χ2v) is 9.86. The number of carbonyl (C=O) groups excluding carboxylic acids is 1. The summed E-state index contributed by atoms with van der Waals surface area (Å²) in [7, 11) is -1.38. The summed E-state index contributed by atoms with van der Waals surface area (Å²) in [6, 6.07) is 0. The van der Waals surface area contributed by atoms with Crippen molar-refractivity contribution in [3.8, 4) is 0 Å². The Morgan fingerprint density at radius 3 is 2.44 bits per heavy atom. The van der Waals surface area contributed by atoms with Gasteiger partial charge in [0.05, 0.1) is 5.25 Å². The van der Waals surface area contributed by atoms with E-state index in [4.69, 9.17) is 0 Å². The van der Waals surface area contributed by atoms with Crippen LogP contribution in [-0.4, -0.2) is 68.6 Å². The molecule has 6 nitrogen and oxygen atoms in total. The van der Waals surface area contributed by atoms with Gasteiger partial charge in [-0.25, -0.2) is 12.7 Å². The molecule has 8 heteroatoms. The van der Waals surface area contributed by atoms with E-state index in [1.54, 1.807) is 4.31 Å². The number of carbonyl (C=O) groups is 1. The summed E-state index contributed by atoms with van der Waals surface area (Å²) in [5.41, 5.74) is 0. The highest BCUT2D eigenvalue weighted by Gasteiger charge is 2.40. The number of halogens is 1. The van der Waals surface area contributed by atoms with E-state index in [1.807, 2.05) is 11.9 Å². The van der Waals surface area contributed by atoms with E-state index in [0.29, 0.717) is 32.0 Å². The molecule has 25 heavy (non-hydrogen) atoms. The van der Waals surface area contributed by atoms with Crippen LogP contribution in [-0.2, 0) is 14.8 Å². The van der Waals surface area contributed by atoms with Gasteiger partial charge in [-0.1, -0.05) is 12.8 Å². The van der Waals surface area contributed by atoms with Gasteiger partial charge in [-0.15, -0.1) is 12.4 Å². The average molecular weight is 394 g/mol. The molecule has 146 valence electrons. The van der Waals surface area contributed by atoms with Crippen LogP contribution in [0.3, 0.4) is 0 Å². The van der Waals surface area contributed by atoms with Crippen molar-refractivity contribution in [1.29, 1.82) is 0 Å². The number of likely N-dealkylation sites (tertiary alicyclic amines) is 1. The lowest BCUT2D eigenvalue weighted by Gasteiger charge is -2.35. The SMILES string of the molecule is CNCC1CCN(S(=O)(=O)C2CCCN(C(=O)C3CCCC3)C2)C1.Cl. The molecule has 0 aromatic rings. The smallest absolute Gasteiger partial charge is 0.225 e. The normalized spacial score (nSPS) is 28.9. The standard InChI is InChI=1S/C17H31N3O3S.ClH/c1-18-11-14-8-10-20(12-14)24(22,23)16-7-4-9-19(13-16)17(21)15-5-2-3-6-15;/h14-16,18H,2-13H2,1H3;1H. The van der Waals surface area contributed by atoms with E-state index in [1.165, 1.54) is 0 Å². The molecular formula is C17H32ClN3O3S. The summed E-state index contributed by atoms with van der Waals surface area (Å²) in [6.07, 6.45) is 6.63. The van der Waals surface area contributed by atoms with Gasteiger partial charge in [0.2, 0.25) is 15.9 Å². The number of sulfonamides is 1. The number of hydrogen-bond donors (Lipinski definition) is 1. The Hall–Kier alpha value is -0.370. The minimum absolute atomic E-state index is 0. The van der Waals surface area contributed by atoms with E-state index < -0.39 is 15.3 Å². The van der Waals surface area contributed by atoms with E-state index in [9.17, 15) is 13.2 Å². The van der Waals surface area contributed by atoms with Gasteiger partial charge < -0.3 is 10.2 Å². The summed E-state index contributed by atoms with van der Waals surface area (Å²) in [6.45, 7) is 3.23. The molecule has 2 atom stereocenters. The van der Waals surface area contributed by atoms with Crippen molar-refractivity contribution in [1.82, 2.24) is 14.5 Å². The number of amides is 1. The zero-order valence-electron chi connectivity index (χ0n) is 15.2. The summed E-state index contributed by atoms with van der Waals surface area (Å²) in [4.78, 5) is 14.5. The first-order chi connectivity index (χ1) is 11.5. The lowest BCUT2D eigenvalue weighted by atomic mass is 10.0. The summed E-state index contributed by atoms with van der Waals surface area (Å²) in [5, 5.41) is 2.73. The molecular weight excluding hydrogens is 362 g/mol. The van der Waals surface area contributed by atoms with Crippen molar-refractivity contribution < 1.29 is 13.2 Å². The predicted octanol–water partition coefficient (Wildman–Crippen LogP) is 1.46. The molecule has 2 saturated heterocycles. The number of rotatable bonds is 5. The molecule has 3 fully saturated rings. The molecule has 0 aromatic heterocycles. The van der Waals surface area contributed by atoms with Gasteiger partial charge >= 0.3 is 0 Å². The van der Waals surface area contributed by atoms with Crippen LogP contribution in [0.15, 0.2) is 0 Å². The van der Waals surface area contributed by atoms with Crippen molar-refractivity contribution in [3.63, 3.8) is 0 Å². The fraction of sp³-hybridized carbons (Fsp3) is 0.941. The summed E-state index contributed by atoms with van der Waals surface area (Å²) >= 11 is 0. The molecule has 1 amide bonds. The first-order valence-corrected chi connectivity index (χ1v) is 10.9. The highest BCUT2D eigenvalue weighted by atomic mass is 35.5. The van der Waals surface area contributed by atoms with Crippen LogP contribution in [0, 0.1) is 11.8 Å². The Balaban J connectivity index is 0.00000225. The van der Waals surface area contributed by atoms with Crippen LogP contribution in [0.25, 0.3) is 0 Å². The number of piperidine rings is 1. The third kappa shape index (κ3) is 4.67. The van der Waals surface area contributed by atoms with Gasteiger partial charge in [0.25, 0.3) is 0 Å². The lowest BCUT2D eigenvalue weighted by Crippen LogP contribution is -2.50. The zero-order valence-corrected chi connectivity index (χ0v) is 16.8. The minimum Gasteiger partial charge on any atom is -0.341 e. The van der Waals surface area contributed by atoms with Crippen molar-refractivity contribution in [2.24, 2.45) is 11.8 Å². The van der Waals surface area contributed by atoms with Crippen LogP contribution in [0.2, 0.25) is 0 Å². The van der Waals surface area contributed by atoms with Crippen molar-refractivity contribution in [2.45, 2.75) is 50.2 Å². The Kier molecular flexibility index (Phi) is 7.55. The van der Waals surface area contributed by atoms with Gasteiger partial charge in [-0.3, -0.25) is 4.79 Å². The van der Waals surface area contributed by atoms with Gasteiger partial charge in [-0.2, -0.15) is 0 Å². The maximum Gasteiger partial charge on any atom is 0.225 e. The highest BCUT2D eigenvalue weighted by Crippen LogP contribution is 2.30. The molecule has 2 unspecified atom stereocenters. The quantitative estimate of drug-likeness (QED) is 0.767. The average Bonchev–Trinajstić information content (AvgIpc) is 3.26. The number of hydrogen-bond acceptors (Lipinski definition) is 4. The number of nitrogens with zero attached hydrogens (tertiary/aromatic N) is 2. The van der Waals surface area contributed by atoms with Gasteiger partial charge in [0.15, 0.2) is 0 Å². The maximum absolute atomic E-state index is 13.0. The molecule has 0 aromatic carbocycles. The Morgan fingerprint density at radius 2 is 1.76 bits per heavy atom. The maximum atomic E-state index is 13.0. The topological polar surface area (TPSA) is 69.7 Å². The second kappa shape index (κ2) is 9.02. The third-order valence-corrected chi connectivity index (χ3v) is 8.20. The molecule has 1 aliphatic carbocycles. The van der Waals surface area contributed by atoms with Gasteiger partial charge in [0, 0.05) is 32.1 Å². The molecule has 1 N–H and O–H groups in total. The van der Waals surface area contributed by atoms with Crippen molar-refractivity contribution >= 4 is 28.3 Å². The molecule has 0 radical (unpaired) electrons. The first-order valence-electron chi connectivity index (χ1n) is 9.44. The Morgan fingerprint density at radius 1 is 1.04 bits per heavy atom. The molecule has 2 aliphatic heterocycles. The van der Waals surface area contributed by atoms with Crippen LogP contribution in [0.5, 0.6) is 0 Å². The van der Waals surface area contributed by atoms with Gasteiger partial charge in [-0.05, 0) is 51.6 Å². The molecule has 2 heterocycles. The van der Waals surface area contributed by atoms with E-state index in [0.717, 1.165) is 51.6 Å². The molecule has 3 rings (SSSR count). The zero-order chi connectivity index (χ0) is 17.2. The fourth-order valence-electron chi connectivity index (χ4n) is 4.51. The Bertz CT molecular complexity index is 551. The Labute approximate surface area is 158 Å². The third-order valence-electron chi connectivity index (χ3n) is 5.92. The highest BCUT2D eigenvalue weighted by molar-refractivity contribution is 7.89. The van der Waals surface area contributed by atoms with E-state index >= 15 is 0 Å². The first kappa shape index (κ1) is 20.9. The monoisotopic (exact) mass is 393 g/mol. The largest absolute Gasteiger partial charge is 0.341 e. The molecule has 1 saturated carbocycles. The van der Waals surface area contributed by atoms with E-state index in [2.05, 4.69) is 5.32 Å². The molecule has 0 bridgehead atoms. The van der Waals surface area contributed by atoms with Crippen molar-refractivity contribution in [3.05, 3.63) is 0 Å². The minimum atomic E-state index is -3.29. The van der Waals surface area contributed by atoms with Crippen molar-refractivity contribution in [2.75, 3.05) is 39.8 Å². The van der Waals surface area contributed by atoms with Crippen LogP contribution in [0.1, 0.15) is 44.9 Å². The lowest BCUT2D eigenvalue weighted by molar-refractivity contribution is -0.136. The van der Waals surface area contributed by atoms with Crippen LogP contribution >= 0.6 is 12.4 Å². The van der Waals surface area contributed by atoms with Crippen LogP contribution in [0.4, 0.5) is 0 Å². The van der Waals surface area contributed by atoms with E-state index in [-0.39, 0.29) is 24.2 Å². The summed E-state index contributed by atoms with van der Waals surface area (Å²) in [5.74, 6) is 0.740.